The van der Waals surface area contributed by atoms with Gasteiger partial charge in [0.2, 0.25) is 0 Å². The van der Waals surface area contributed by atoms with E-state index in [1.54, 1.807) is 6.07 Å². The number of esters is 1. The number of hydrogen-bond acceptors (Lipinski definition) is 6. The molecule has 0 aliphatic carbocycles. The van der Waals surface area contributed by atoms with Gasteiger partial charge in [-0.1, -0.05) is 36.4 Å². The van der Waals surface area contributed by atoms with E-state index in [1.807, 2.05) is 30.3 Å². The third kappa shape index (κ3) is 4.51. The topological polar surface area (TPSA) is 98.8 Å². The van der Waals surface area contributed by atoms with Gasteiger partial charge in [-0.2, -0.15) is 0 Å². The van der Waals surface area contributed by atoms with Crippen molar-refractivity contribution in [1.82, 2.24) is 5.32 Å². The van der Waals surface area contributed by atoms with Gasteiger partial charge in [-0.05, 0) is 36.1 Å². The minimum Gasteiger partial charge on any atom is -0.465 e. The Labute approximate surface area is 163 Å². The first-order chi connectivity index (χ1) is 13.4. The van der Waals surface area contributed by atoms with Gasteiger partial charge in [0.25, 0.3) is 0 Å². The number of carbonyl (C=O) groups excluding carboxylic acids is 2. The van der Waals surface area contributed by atoms with E-state index in [0.717, 1.165) is 5.56 Å². The zero-order chi connectivity index (χ0) is 20.1. The molecule has 0 spiro atoms. The highest BCUT2D eigenvalue weighted by atomic mass is 32.2. The second-order valence-corrected chi connectivity index (χ2v) is 8.54. The zero-order valence-electron chi connectivity index (χ0n) is 15.4. The summed E-state index contributed by atoms with van der Waals surface area (Å²) >= 11 is 0. The van der Waals surface area contributed by atoms with Crippen molar-refractivity contribution in [2.45, 2.75) is 30.4 Å². The first-order valence-corrected chi connectivity index (χ1v) is 10.5. The molecule has 1 atom stereocenters. The van der Waals surface area contributed by atoms with Gasteiger partial charge in [-0.25, -0.2) is 18.0 Å². The van der Waals surface area contributed by atoms with Crippen molar-refractivity contribution >= 4 is 21.9 Å². The number of sulfone groups is 1. The number of rotatable bonds is 4. The largest absolute Gasteiger partial charge is 0.465 e. The van der Waals surface area contributed by atoms with E-state index < -0.39 is 27.9 Å². The van der Waals surface area contributed by atoms with Crippen LogP contribution in [0.25, 0.3) is 0 Å². The summed E-state index contributed by atoms with van der Waals surface area (Å²) in [7, 11) is -2.33. The Kier molecular flexibility index (Phi) is 5.99. The Hall–Kier alpha value is -2.87. The SMILES string of the molecule is COC(=O)c1ccc2c(c1)S(=O)(=O)CCCC2NC(=O)OCc1ccccc1. The van der Waals surface area contributed by atoms with Crippen LogP contribution in [-0.4, -0.2) is 33.3 Å². The van der Waals surface area contributed by atoms with Crippen molar-refractivity contribution in [2.24, 2.45) is 0 Å². The van der Waals surface area contributed by atoms with E-state index in [-0.39, 0.29) is 22.8 Å². The lowest BCUT2D eigenvalue weighted by atomic mass is 10.0. The van der Waals surface area contributed by atoms with Gasteiger partial charge in [0, 0.05) is 0 Å². The zero-order valence-corrected chi connectivity index (χ0v) is 16.2. The van der Waals surface area contributed by atoms with Crippen molar-refractivity contribution < 1.29 is 27.5 Å². The van der Waals surface area contributed by atoms with Crippen LogP contribution in [0.1, 0.15) is 40.4 Å². The van der Waals surface area contributed by atoms with Crippen LogP contribution in [0.5, 0.6) is 0 Å². The molecule has 0 radical (unpaired) electrons. The standard InChI is InChI=1S/C20H21NO6S/c1-26-19(22)15-9-10-16-17(8-5-11-28(24,25)18(16)12-15)21-20(23)27-13-14-6-3-2-4-7-14/h2-4,6-7,9-10,12,17H,5,8,11,13H2,1H3,(H,21,23). The van der Waals surface area contributed by atoms with Crippen LogP contribution in [0.15, 0.2) is 53.4 Å². The lowest BCUT2D eigenvalue weighted by Crippen LogP contribution is -2.29. The Morgan fingerprint density at radius 2 is 1.89 bits per heavy atom. The van der Waals surface area contributed by atoms with Crippen LogP contribution in [0, 0.1) is 0 Å². The summed E-state index contributed by atoms with van der Waals surface area (Å²) in [4.78, 5) is 24.0. The second-order valence-electron chi connectivity index (χ2n) is 6.46. The fourth-order valence-corrected chi connectivity index (χ4v) is 4.78. The van der Waals surface area contributed by atoms with Crippen molar-refractivity contribution in [3.8, 4) is 0 Å². The fourth-order valence-electron chi connectivity index (χ4n) is 3.14. The predicted octanol–water partition coefficient (Wildman–Crippen LogP) is 3.01. The molecule has 148 valence electrons. The summed E-state index contributed by atoms with van der Waals surface area (Å²) in [5.74, 6) is -0.670. The second kappa shape index (κ2) is 8.43. The minimum absolute atomic E-state index is 0.0428. The summed E-state index contributed by atoms with van der Waals surface area (Å²) < 4.78 is 35.1. The fraction of sp³-hybridized carbons (Fsp3) is 0.300. The lowest BCUT2D eigenvalue weighted by molar-refractivity contribution is 0.0600. The molecule has 0 saturated carbocycles. The number of alkyl carbamates (subject to hydrolysis) is 1. The molecule has 0 bridgehead atoms. The number of methoxy groups -OCH3 is 1. The number of fused-ring (bicyclic) bond motifs is 1. The van der Waals surface area contributed by atoms with Crippen molar-refractivity contribution in [3.05, 3.63) is 65.2 Å². The van der Waals surface area contributed by atoms with Crippen LogP contribution in [-0.2, 0) is 25.9 Å². The number of nitrogens with one attached hydrogen (secondary N) is 1. The summed E-state index contributed by atoms with van der Waals surface area (Å²) in [6, 6.07) is 13.1. The molecular weight excluding hydrogens is 382 g/mol. The summed E-state index contributed by atoms with van der Waals surface area (Å²) in [5, 5.41) is 2.74. The number of benzene rings is 2. The number of hydrogen-bond donors (Lipinski definition) is 1. The summed E-state index contributed by atoms with van der Waals surface area (Å²) in [6.45, 7) is 0.117. The molecule has 1 heterocycles. The maximum absolute atomic E-state index is 12.6. The lowest BCUT2D eigenvalue weighted by Gasteiger charge is -2.19. The Morgan fingerprint density at radius 1 is 1.14 bits per heavy atom. The van der Waals surface area contributed by atoms with Crippen molar-refractivity contribution in [1.29, 1.82) is 0 Å². The molecule has 28 heavy (non-hydrogen) atoms. The van der Waals surface area contributed by atoms with Gasteiger partial charge in [-0.15, -0.1) is 0 Å². The Bertz CT molecular complexity index is 971. The molecule has 0 aromatic heterocycles. The maximum Gasteiger partial charge on any atom is 0.407 e. The Balaban J connectivity index is 1.80. The van der Waals surface area contributed by atoms with E-state index in [9.17, 15) is 18.0 Å². The van der Waals surface area contributed by atoms with E-state index in [4.69, 9.17) is 4.74 Å². The predicted molar refractivity (Wildman–Crippen MR) is 102 cm³/mol. The molecule has 1 aliphatic heterocycles. The average Bonchev–Trinajstić information content (AvgIpc) is 2.82. The molecule has 1 N–H and O–H groups in total. The first-order valence-electron chi connectivity index (χ1n) is 8.83. The average molecular weight is 403 g/mol. The van der Waals surface area contributed by atoms with E-state index in [2.05, 4.69) is 10.1 Å². The number of amides is 1. The van der Waals surface area contributed by atoms with Crippen molar-refractivity contribution in [3.63, 3.8) is 0 Å². The molecule has 1 aliphatic rings. The Morgan fingerprint density at radius 3 is 2.61 bits per heavy atom. The van der Waals surface area contributed by atoms with Gasteiger partial charge < -0.3 is 14.8 Å². The van der Waals surface area contributed by atoms with E-state index in [1.165, 1.54) is 19.2 Å². The van der Waals surface area contributed by atoms with Crippen LogP contribution >= 0.6 is 0 Å². The third-order valence-corrected chi connectivity index (χ3v) is 6.41. The molecule has 0 fully saturated rings. The van der Waals surface area contributed by atoms with E-state index in [0.29, 0.717) is 18.4 Å². The van der Waals surface area contributed by atoms with Crippen molar-refractivity contribution in [2.75, 3.05) is 12.9 Å². The summed E-state index contributed by atoms with van der Waals surface area (Å²) in [6.07, 6.45) is 0.203. The molecule has 2 aromatic rings. The quantitative estimate of drug-likeness (QED) is 0.788. The smallest absolute Gasteiger partial charge is 0.407 e. The van der Waals surface area contributed by atoms with Gasteiger partial charge in [0.05, 0.1) is 29.4 Å². The van der Waals surface area contributed by atoms with Crippen LogP contribution in [0.3, 0.4) is 0 Å². The van der Waals surface area contributed by atoms with Gasteiger partial charge in [-0.3, -0.25) is 0 Å². The number of carbonyl (C=O) groups is 2. The molecule has 1 unspecified atom stereocenters. The molecule has 7 nitrogen and oxygen atoms in total. The highest BCUT2D eigenvalue weighted by Crippen LogP contribution is 2.32. The van der Waals surface area contributed by atoms with Crippen LogP contribution < -0.4 is 5.32 Å². The van der Waals surface area contributed by atoms with E-state index >= 15 is 0 Å². The number of ether oxygens (including phenoxy) is 2. The molecule has 1 amide bonds. The van der Waals surface area contributed by atoms with Crippen LogP contribution in [0.2, 0.25) is 0 Å². The minimum atomic E-state index is -3.57. The normalized spacial score (nSPS) is 17.7. The van der Waals surface area contributed by atoms with Gasteiger partial charge >= 0.3 is 12.1 Å². The molecule has 0 saturated heterocycles. The third-order valence-electron chi connectivity index (χ3n) is 4.56. The first kappa shape index (κ1) is 19.9. The highest BCUT2D eigenvalue weighted by molar-refractivity contribution is 7.91. The molecular formula is C20H21NO6S. The van der Waals surface area contributed by atoms with Gasteiger partial charge in [0.15, 0.2) is 9.84 Å². The monoisotopic (exact) mass is 403 g/mol. The maximum atomic E-state index is 12.6. The summed E-state index contributed by atoms with van der Waals surface area (Å²) in [5.41, 5.74) is 1.45. The highest BCUT2D eigenvalue weighted by Gasteiger charge is 2.30. The molecule has 3 rings (SSSR count). The van der Waals surface area contributed by atoms with Crippen LogP contribution in [0.4, 0.5) is 4.79 Å². The molecule has 8 heteroatoms. The van der Waals surface area contributed by atoms with Gasteiger partial charge in [0.1, 0.15) is 6.61 Å². The molecule has 2 aromatic carbocycles.